The largest absolute Gasteiger partial charge is 0.368 e. The van der Waals surface area contributed by atoms with Gasteiger partial charge in [0.25, 0.3) is 10.0 Å². The lowest BCUT2D eigenvalue weighted by Crippen LogP contribution is -2.10. The van der Waals surface area contributed by atoms with Crippen molar-refractivity contribution in [3.63, 3.8) is 0 Å². The van der Waals surface area contributed by atoms with Crippen molar-refractivity contribution in [2.45, 2.75) is 4.90 Å². The van der Waals surface area contributed by atoms with Gasteiger partial charge in [-0.25, -0.2) is 0 Å². The molecule has 15 heavy (non-hydrogen) atoms. The van der Waals surface area contributed by atoms with Crippen molar-refractivity contribution in [3.05, 3.63) is 29.3 Å². The number of nitrogens with zero attached hydrogens (tertiary/aromatic N) is 2. The summed E-state index contributed by atoms with van der Waals surface area (Å²) in [5.41, 5.74) is 0. The second-order valence-electron chi connectivity index (χ2n) is 3.11. The summed E-state index contributed by atoms with van der Waals surface area (Å²) in [7, 11) is -0.212. The Labute approximate surface area is 94.2 Å². The number of hydrogen-bond acceptors (Lipinski definition) is 2. The Kier molecular flexibility index (Phi) is 3.71. The van der Waals surface area contributed by atoms with Crippen LogP contribution in [-0.2, 0) is 10.0 Å². The third kappa shape index (κ3) is 3.53. The minimum atomic E-state index is -3.60. The van der Waals surface area contributed by atoms with Crippen LogP contribution in [0.5, 0.6) is 0 Å². The maximum absolute atomic E-state index is 11.6. The Morgan fingerprint density at radius 2 is 1.80 bits per heavy atom. The quantitative estimate of drug-likeness (QED) is 0.602. The molecule has 4 nitrogen and oxygen atoms in total. The molecule has 0 amide bonds. The van der Waals surface area contributed by atoms with Gasteiger partial charge in [-0.15, -0.1) is 4.40 Å². The predicted octanol–water partition coefficient (Wildman–Crippen LogP) is 1.62. The van der Waals surface area contributed by atoms with Gasteiger partial charge < -0.3 is 4.90 Å². The minimum Gasteiger partial charge on any atom is -0.368 e. The average molecular weight is 247 g/mol. The van der Waals surface area contributed by atoms with Gasteiger partial charge in [0.2, 0.25) is 0 Å². The molecule has 0 atom stereocenters. The first-order valence-corrected chi connectivity index (χ1v) is 5.96. The number of rotatable bonds is 3. The van der Waals surface area contributed by atoms with Crippen molar-refractivity contribution in [2.75, 3.05) is 14.1 Å². The Hall–Kier alpha value is -1.07. The maximum atomic E-state index is 11.6. The van der Waals surface area contributed by atoms with Gasteiger partial charge in [-0.05, 0) is 24.3 Å². The Morgan fingerprint density at radius 3 is 2.27 bits per heavy atom. The maximum Gasteiger partial charge on any atom is 0.283 e. The molecule has 0 saturated carbocycles. The zero-order valence-electron chi connectivity index (χ0n) is 8.38. The molecule has 0 aliphatic heterocycles. The van der Waals surface area contributed by atoms with E-state index < -0.39 is 10.0 Å². The first-order valence-electron chi connectivity index (χ1n) is 4.14. The van der Waals surface area contributed by atoms with Gasteiger partial charge in [0.05, 0.1) is 4.90 Å². The molecule has 0 unspecified atom stereocenters. The molecule has 0 aliphatic carbocycles. The van der Waals surface area contributed by atoms with Crippen LogP contribution in [0.15, 0.2) is 33.6 Å². The fraction of sp³-hybridized carbons (Fsp3) is 0.222. The highest BCUT2D eigenvalue weighted by Gasteiger charge is 2.10. The van der Waals surface area contributed by atoms with Gasteiger partial charge >= 0.3 is 0 Å². The van der Waals surface area contributed by atoms with Gasteiger partial charge in [-0.1, -0.05) is 11.6 Å². The SMILES string of the molecule is CN(C)/C=N/S(=O)(=O)c1ccc(Cl)cc1. The molecule has 0 saturated heterocycles. The van der Waals surface area contributed by atoms with Crippen molar-refractivity contribution < 1.29 is 8.42 Å². The molecule has 0 aliphatic rings. The summed E-state index contributed by atoms with van der Waals surface area (Å²) in [5, 5.41) is 0.491. The van der Waals surface area contributed by atoms with Crippen LogP contribution in [0.2, 0.25) is 5.02 Å². The van der Waals surface area contributed by atoms with Crippen LogP contribution in [0.3, 0.4) is 0 Å². The van der Waals surface area contributed by atoms with Crippen molar-refractivity contribution in [1.82, 2.24) is 4.90 Å². The molecule has 0 aromatic heterocycles. The highest BCUT2D eigenvalue weighted by molar-refractivity contribution is 7.90. The lowest BCUT2D eigenvalue weighted by molar-refractivity contribution is 0.595. The van der Waals surface area contributed by atoms with Gasteiger partial charge in [0.15, 0.2) is 0 Å². The van der Waals surface area contributed by atoms with Crippen LogP contribution in [0.25, 0.3) is 0 Å². The molecule has 0 heterocycles. The van der Waals surface area contributed by atoms with Crippen LogP contribution >= 0.6 is 11.6 Å². The number of benzene rings is 1. The van der Waals surface area contributed by atoms with Crippen molar-refractivity contribution >= 4 is 28.0 Å². The van der Waals surface area contributed by atoms with E-state index in [1.54, 1.807) is 19.0 Å². The molecule has 0 radical (unpaired) electrons. The normalized spacial score (nSPS) is 11.9. The summed E-state index contributed by atoms with van der Waals surface area (Å²) >= 11 is 5.65. The van der Waals surface area contributed by atoms with Crippen molar-refractivity contribution in [3.8, 4) is 0 Å². The molecule has 1 rings (SSSR count). The van der Waals surface area contributed by atoms with E-state index in [0.29, 0.717) is 5.02 Å². The Morgan fingerprint density at radius 1 is 1.27 bits per heavy atom. The first kappa shape index (κ1) is 12.0. The standard InChI is InChI=1S/C9H11ClN2O2S/c1-12(2)7-11-15(13,14)9-5-3-8(10)4-6-9/h3-7H,1-2H3/b11-7+. The molecular weight excluding hydrogens is 236 g/mol. The molecule has 0 fully saturated rings. The second-order valence-corrected chi connectivity index (χ2v) is 5.18. The summed E-state index contributed by atoms with van der Waals surface area (Å²) in [6.45, 7) is 0. The Balaban J connectivity index is 3.02. The van der Waals surface area contributed by atoms with E-state index >= 15 is 0 Å². The van der Waals surface area contributed by atoms with Crippen molar-refractivity contribution in [1.29, 1.82) is 0 Å². The van der Waals surface area contributed by atoms with E-state index in [0.717, 1.165) is 0 Å². The lowest BCUT2D eigenvalue weighted by atomic mass is 10.4. The third-order valence-electron chi connectivity index (χ3n) is 1.53. The topological polar surface area (TPSA) is 49.7 Å². The fourth-order valence-corrected chi connectivity index (χ4v) is 1.86. The van der Waals surface area contributed by atoms with E-state index in [1.807, 2.05) is 0 Å². The molecule has 0 spiro atoms. The van der Waals surface area contributed by atoms with E-state index in [2.05, 4.69) is 4.40 Å². The molecule has 1 aromatic carbocycles. The van der Waals surface area contributed by atoms with E-state index in [-0.39, 0.29) is 4.90 Å². The van der Waals surface area contributed by atoms with Gasteiger partial charge in [-0.3, -0.25) is 0 Å². The van der Waals surface area contributed by atoms with Gasteiger partial charge in [-0.2, -0.15) is 8.42 Å². The molecule has 6 heteroatoms. The summed E-state index contributed by atoms with van der Waals surface area (Å²) in [6.07, 6.45) is 1.24. The number of halogens is 1. The third-order valence-corrected chi connectivity index (χ3v) is 3.02. The molecular formula is C9H11ClN2O2S. The molecule has 0 N–H and O–H groups in total. The summed E-state index contributed by atoms with van der Waals surface area (Å²) in [5.74, 6) is 0. The lowest BCUT2D eigenvalue weighted by Gasteiger charge is -2.03. The number of hydrogen-bond donors (Lipinski definition) is 0. The van der Waals surface area contributed by atoms with Crippen LogP contribution < -0.4 is 0 Å². The van der Waals surface area contributed by atoms with Crippen LogP contribution in [0, 0.1) is 0 Å². The zero-order chi connectivity index (χ0) is 11.5. The van der Waals surface area contributed by atoms with Crippen LogP contribution in [0.4, 0.5) is 0 Å². The molecule has 1 aromatic rings. The molecule has 82 valence electrons. The smallest absolute Gasteiger partial charge is 0.283 e. The van der Waals surface area contributed by atoms with E-state index in [1.165, 1.54) is 30.6 Å². The van der Waals surface area contributed by atoms with Crippen LogP contribution in [-0.4, -0.2) is 33.8 Å². The molecule has 0 bridgehead atoms. The summed E-state index contributed by atoms with van der Waals surface area (Å²) in [6, 6.07) is 5.87. The minimum absolute atomic E-state index is 0.130. The van der Waals surface area contributed by atoms with Gasteiger partial charge in [0.1, 0.15) is 6.34 Å². The number of sulfonamides is 1. The first-order chi connectivity index (χ1) is 6.92. The fourth-order valence-electron chi connectivity index (χ4n) is 0.824. The van der Waals surface area contributed by atoms with Crippen LogP contribution in [0.1, 0.15) is 0 Å². The average Bonchev–Trinajstić information content (AvgIpc) is 2.16. The van der Waals surface area contributed by atoms with Gasteiger partial charge in [0, 0.05) is 19.1 Å². The van der Waals surface area contributed by atoms with Crippen molar-refractivity contribution in [2.24, 2.45) is 4.40 Å². The zero-order valence-corrected chi connectivity index (χ0v) is 9.96. The second kappa shape index (κ2) is 4.63. The highest BCUT2D eigenvalue weighted by atomic mass is 35.5. The predicted molar refractivity (Wildman–Crippen MR) is 60.8 cm³/mol. The summed E-state index contributed by atoms with van der Waals surface area (Å²) < 4.78 is 26.6. The highest BCUT2D eigenvalue weighted by Crippen LogP contribution is 2.15. The monoisotopic (exact) mass is 246 g/mol. The van der Waals surface area contributed by atoms with E-state index in [9.17, 15) is 8.42 Å². The summed E-state index contributed by atoms with van der Waals surface area (Å²) in [4.78, 5) is 1.68. The van der Waals surface area contributed by atoms with E-state index in [4.69, 9.17) is 11.6 Å². The Bertz CT molecular complexity index is 452.